The summed E-state index contributed by atoms with van der Waals surface area (Å²) in [5.41, 5.74) is 1.79. The molecule has 56 valence electrons. The quantitative estimate of drug-likeness (QED) is 0.548. The second-order valence-corrected chi connectivity index (χ2v) is 1.43. The van der Waals surface area contributed by atoms with Crippen LogP contribution in [0.1, 0.15) is 28.7 Å². The van der Waals surface area contributed by atoms with Gasteiger partial charge in [0, 0.05) is 11.6 Å². The van der Waals surface area contributed by atoms with E-state index in [0.29, 0.717) is 0 Å². The highest BCUT2D eigenvalue weighted by molar-refractivity contribution is 7.07. The van der Waals surface area contributed by atoms with Crippen molar-refractivity contribution >= 4 is 11.3 Å². The van der Waals surface area contributed by atoms with E-state index in [4.69, 9.17) is 0 Å². The maximum absolute atomic E-state index is 3.74. The van der Waals surface area contributed by atoms with Gasteiger partial charge in [-0.15, -0.1) is 11.3 Å². The van der Waals surface area contributed by atoms with Crippen LogP contribution in [0, 0.1) is 0 Å². The summed E-state index contributed by atoms with van der Waals surface area (Å²) < 4.78 is 0. The Balaban J connectivity index is -0.0000000836. The first kappa shape index (κ1) is 15.9. The van der Waals surface area contributed by atoms with Crippen LogP contribution in [-0.4, -0.2) is 4.98 Å². The molecule has 0 N–H and O–H groups in total. The molecule has 0 amide bonds. The summed E-state index contributed by atoms with van der Waals surface area (Å²) in [5.74, 6) is 0. The maximum Gasteiger partial charge on any atom is 0.0791 e. The van der Waals surface area contributed by atoms with Gasteiger partial charge in [0.05, 0.1) is 5.51 Å². The standard InChI is InChI=1S/C3H3NS.C2H6.2CH4/c1-2-5-3-4-1;1-2;;/h1-3H;1-2H3;2*1H4. The van der Waals surface area contributed by atoms with Gasteiger partial charge in [-0.3, -0.25) is 4.98 Å². The lowest BCUT2D eigenvalue weighted by Crippen LogP contribution is -1.38. The highest BCUT2D eigenvalue weighted by Gasteiger charge is 1.59. The molecule has 0 aliphatic heterocycles. The van der Waals surface area contributed by atoms with Gasteiger partial charge < -0.3 is 0 Å². The van der Waals surface area contributed by atoms with Gasteiger partial charge in [0.2, 0.25) is 0 Å². The van der Waals surface area contributed by atoms with Gasteiger partial charge in [-0.25, -0.2) is 0 Å². The fourth-order valence-electron chi connectivity index (χ4n) is 0.176. The lowest BCUT2D eigenvalue weighted by Gasteiger charge is -1.41. The Kier molecular flexibility index (Phi) is 27.6. The van der Waals surface area contributed by atoms with Crippen LogP contribution >= 0.6 is 11.3 Å². The Morgan fingerprint density at radius 1 is 1.22 bits per heavy atom. The molecule has 0 atom stereocenters. The lowest BCUT2D eigenvalue weighted by atomic mass is 11.0. The predicted molar refractivity (Wildman–Crippen MR) is 46.9 cm³/mol. The third kappa shape index (κ3) is 11.3. The molecule has 9 heavy (non-hydrogen) atoms. The summed E-state index contributed by atoms with van der Waals surface area (Å²) in [6, 6.07) is 0. The predicted octanol–water partition coefficient (Wildman–Crippen LogP) is 3.44. The van der Waals surface area contributed by atoms with Crippen LogP contribution in [0.25, 0.3) is 0 Å². The molecule has 2 heteroatoms. The first-order valence-electron chi connectivity index (χ1n) is 2.32. The summed E-state index contributed by atoms with van der Waals surface area (Å²) in [4.78, 5) is 3.74. The zero-order valence-corrected chi connectivity index (χ0v) is 5.40. The number of hydrogen-bond donors (Lipinski definition) is 0. The first-order chi connectivity index (χ1) is 3.50. The minimum Gasteiger partial charge on any atom is -0.253 e. The van der Waals surface area contributed by atoms with Crippen LogP contribution in [0.5, 0.6) is 0 Å². The van der Waals surface area contributed by atoms with E-state index in [2.05, 4.69) is 4.98 Å². The lowest BCUT2D eigenvalue weighted by molar-refractivity contribution is 1.43. The van der Waals surface area contributed by atoms with Crippen LogP contribution in [0.3, 0.4) is 0 Å². The van der Waals surface area contributed by atoms with Crippen molar-refractivity contribution in [2.75, 3.05) is 0 Å². The molecule has 1 aromatic heterocycles. The van der Waals surface area contributed by atoms with Gasteiger partial charge in [-0.05, 0) is 0 Å². The van der Waals surface area contributed by atoms with Gasteiger partial charge in [0.25, 0.3) is 0 Å². The summed E-state index contributed by atoms with van der Waals surface area (Å²) in [6.45, 7) is 4.00. The highest BCUT2D eigenvalue weighted by atomic mass is 32.1. The van der Waals surface area contributed by atoms with Crippen LogP contribution in [-0.2, 0) is 0 Å². The first-order valence-corrected chi connectivity index (χ1v) is 3.26. The minimum atomic E-state index is 0. The van der Waals surface area contributed by atoms with Crippen molar-refractivity contribution in [2.24, 2.45) is 0 Å². The van der Waals surface area contributed by atoms with Crippen LogP contribution in [0.2, 0.25) is 0 Å². The van der Waals surface area contributed by atoms with E-state index in [1.165, 1.54) is 0 Å². The van der Waals surface area contributed by atoms with E-state index in [1.54, 1.807) is 23.0 Å². The maximum atomic E-state index is 3.74. The van der Waals surface area contributed by atoms with Crippen LogP contribution in [0.4, 0.5) is 0 Å². The largest absolute Gasteiger partial charge is 0.253 e. The number of nitrogens with zero attached hydrogens (tertiary/aromatic N) is 1. The molecule has 1 nitrogen and oxygen atoms in total. The smallest absolute Gasteiger partial charge is 0.0791 e. The fraction of sp³-hybridized carbons (Fsp3) is 0.571. The number of aromatic nitrogens is 1. The molecule has 0 saturated heterocycles. The van der Waals surface area contributed by atoms with Crippen molar-refractivity contribution in [2.45, 2.75) is 28.7 Å². The van der Waals surface area contributed by atoms with Gasteiger partial charge in [0.15, 0.2) is 0 Å². The van der Waals surface area contributed by atoms with Gasteiger partial charge in [-0.1, -0.05) is 28.7 Å². The third-order valence-corrected chi connectivity index (χ3v) is 0.869. The molecule has 1 heterocycles. The molecule has 0 fully saturated rings. The Morgan fingerprint density at radius 3 is 1.89 bits per heavy atom. The number of hydrogen-bond acceptors (Lipinski definition) is 2. The van der Waals surface area contributed by atoms with E-state index in [9.17, 15) is 0 Å². The van der Waals surface area contributed by atoms with Gasteiger partial charge >= 0.3 is 0 Å². The Labute approximate surface area is 62.8 Å². The normalized spacial score (nSPS) is 5.11. The molecule has 0 unspecified atom stereocenters. The SMILES string of the molecule is C.C.CC.c1cscn1. The molecule has 0 saturated carbocycles. The molecular formula is C7H17NS. The Hall–Kier alpha value is -0.370. The minimum absolute atomic E-state index is 0. The molecule has 1 aromatic rings. The molecule has 0 aliphatic rings. The molecule has 0 spiro atoms. The van der Waals surface area contributed by atoms with Crippen molar-refractivity contribution in [1.29, 1.82) is 0 Å². The molecule has 1 rings (SSSR count). The average molecular weight is 147 g/mol. The molecule has 0 aromatic carbocycles. The van der Waals surface area contributed by atoms with E-state index < -0.39 is 0 Å². The third-order valence-electron chi connectivity index (χ3n) is 0.347. The second-order valence-electron chi connectivity index (χ2n) is 0.676. The van der Waals surface area contributed by atoms with Crippen molar-refractivity contribution in [1.82, 2.24) is 4.98 Å². The van der Waals surface area contributed by atoms with Crippen LogP contribution in [0.15, 0.2) is 17.1 Å². The van der Waals surface area contributed by atoms with Crippen molar-refractivity contribution < 1.29 is 0 Å². The summed E-state index contributed by atoms with van der Waals surface area (Å²) in [6.07, 6.45) is 1.77. The Bertz CT molecular complexity index is 65.4. The molecular weight excluding hydrogens is 130 g/mol. The van der Waals surface area contributed by atoms with Crippen molar-refractivity contribution in [3.05, 3.63) is 17.1 Å². The monoisotopic (exact) mass is 147 g/mol. The summed E-state index contributed by atoms with van der Waals surface area (Å²) in [7, 11) is 0. The summed E-state index contributed by atoms with van der Waals surface area (Å²) >= 11 is 1.60. The zero-order chi connectivity index (χ0) is 5.54. The van der Waals surface area contributed by atoms with Gasteiger partial charge in [0.1, 0.15) is 0 Å². The van der Waals surface area contributed by atoms with Crippen LogP contribution < -0.4 is 0 Å². The molecule has 0 radical (unpaired) electrons. The highest BCUT2D eigenvalue weighted by Crippen LogP contribution is 1.85. The zero-order valence-electron chi connectivity index (χ0n) is 4.59. The van der Waals surface area contributed by atoms with Gasteiger partial charge in [-0.2, -0.15) is 0 Å². The van der Waals surface area contributed by atoms with E-state index >= 15 is 0 Å². The molecule has 0 bridgehead atoms. The van der Waals surface area contributed by atoms with E-state index in [-0.39, 0.29) is 14.9 Å². The summed E-state index contributed by atoms with van der Waals surface area (Å²) in [5, 5.41) is 1.93. The Morgan fingerprint density at radius 2 is 1.78 bits per heavy atom. The fourth-order valence-corrected chi connectivity index (χ4v) is 0.527. The average Bonchev–Trinajstić information content (AvgIpc) is 2.23. The molecule has 0 aliphatic carbocycles. The number of thiazole rings is 1. The van der Waals surface area contributed by atoms with E-state index in [0.717, 1.165) is 0 Å². The second kappa shape index (κ2) is 15.6. The topological polar surface area (TPSA) is 12.9 Å². The number of rotatable bonds is 0. The van der Waals surface area contributed by atoms with E-state index in [1.807, 2.05) is 19.2 Å². The van der Waals surface area contributed by atoms with Crippen molar-refractivity contribution in [3.63, 3.8) is 0 Å². The van der Waals surface area contributed by atoms with Crippen molar-refractivity contribution in [3.8, 4) is 0 Å².